The van der Waals surface area contributed by atoms with Gasteiger partial charge in [0, 0.05) is 19.8 Å². The van der Waals surface area contributed by atoms with Crippen LogP contribution < -0.4 is 4.31 Å². The molecule has 1 heterocycles. The van der Waals surface area contributed by atoms with Gasteiger partial charge in [0.15, 0.2) is 0 Å². The number of ether oxygens (including phenoxy) is 1. The van der Waals surface area contributed by atoms with Crippen LogP contribution >= 0.6 is 0 Å². The van der Waals surface area contributed by atoms with Gasteiger partial charge in [-0.05, 0) is 24.6 Å². The van der Waals surface area contributed by atoms with Gasteiger partial charge in [-0.3, -0.25) is 4.31 Å². The molecule has 1 aromatic heterocycles. The quantitative estimate of drug-likeness (QED) is 0.748. The molecule has 0 saturated carbocycles. The predicted molar refractivity (Wildman–Crippen MR) is 88.0 cm³/mol. The summed E-state index contributed by atoms with van der Waals surface area (Å²) in [5.74, 6) is -1.27. The summed E-state index contributed by atoms with van der Waals surface area (Å²) in [6.45, 7) is 1.92. The molecular formula is C16H19FN2O4S. The average molecular weight is 354 g/mol. The number of benzene rings is 1. The standard InChI is InChI=1S/C16H19FN2O4S/c1-4-9-19(14-8-6-5-7-13(14)17)24(21,22)12-10-15(16(20)23-3)18(2)11-12/h5-8,10-11H,4,9H2,1-3H3. The summed E-state index contributed by atoms with van der Waals surface area (Å²) in [7, 11) is -1.26. The summed E-state index contributed by atoms with van der Waals surface area (Å²) >= 11 is 0. The Kier molecular flexibility index (Phi) is 5.28. The Bertz CT molecular complexity index is 846. The van der Waals surface area contributed by atoms with E-state index in [9.17, 15) is 17.6 Å². The molecule has 0 bridgehead atoms. The number of esters is 1. The third-order valence-corrected chi connectivity index (χ3v) is 5.29. The molecule has 0 aliphatic carbocycles. The fourth-order valence-electron chi connectivity index (χ4n) is 2.34. The molecule has 24 heavy (non-hydrogen) atoms. The fraction of sp³-hybridized carbons (Fsp3) is 0.312. The van der Waals surface area contributed by atoms with Gasteiger partial charge >= 0.3 is 5.97 Å². The van der Waals surface area contributed by atoms with Gasteiger partial charge in [0.05, 0.1) is 12.8 Å². The molecule has 0 spiro atoms. The summed E-state index contributed by atoms with van der Waals surface area (Å²) in [6, 6.07) is 6.91. The first kappa shape index (κ1) is 18.0. The summed E-state index contributed by atoms with van der Waals surface area (Å²) in [5.41, 5.74) is 0.0730. The number of aryl methyl sites for hydroxylation is 1. The highest BCUT2D eigenvalue weighted by Crippen LogP contribution is 2.27. The number of para-hydroxylation sites is 1. The zero-order chi connectivity index (χ0) is 17.9. The number of carbonyl (C=O) groups is 1. The maximum atomic E-state index is 14.1. The van der Waals surface area contributed by atoms with Crippen LogP contribution in [0.1, 0.15) is 23.8 Å². The number of hydrogen-bond donors (Lipinski definition) is 0. The van der Waals surface area contributed by atoms with Gasteiger partial charge in [0.2, 0.25) is 0 Å². The molecule has 0 N–H and O–H groups in total. The van der Waals surface area contributed by atoms with Gasteiger partial charge in [-0.1, -0.05) is 19.1 Å². The molecule has 2 rings (SSSR count). The number of sulfonamides is 1. The lowest BCUT2D eigenvalue weighted by molar-refractivity contribution is 0.0590. The van der Waals surface area contributed by atoms with Crippen molar-refractivity contribution in [3.63, 3.8) is 0 Å². The lowest BCUT2D eigenvalue weighted by atomic mass is 10.3. The van der Waals surface area contributed by atoms with Crippen LogP contribution in [0.25, 0.3) is 0 Å². The van der Waals surface area contributed by atoms with Crippen molar-refractivity contribution >= 4 is 21.7 Å². The van der Waals surface area contributed by atoms with Crippen LogP contribution in [0.5, 0.6) is 0 Å². The third kappa shape index (κ3) is 3.28. The van der Waals surface area contributed by atoms with Crippen molar-refractivity contribution in [2.45, 2.75) is 18.2 Å². The van der Waals surface area contributed by atoms with Gasteiger partial charge in [-0.15, -0.1) is 0 Å². The number of nitrogens with zero attached hydrogens (tertiary/aromatic N) is 2. The lowest BCUT2D eigenvalue weighted by Gasteiger charge is -2.23. The molecule has 0 saturated heterocycles. The summed E-state index contributed by atoms with van der Waals surface area (Å²) in [5, 5.41) is 0. The van der Waals surface area contributed by atoms with Gasteiger partial charge in [0.1, 0.15) is 16.4 Å². The van der Waals surface area contributed by atoms with Crippen molar-refractivity contribution in [2.75, 3.05) is 18.0 Å². The van der Waals surface area contributed by atoms with Crippen LogP contribution in [0.3, 0.4) is 0 Å². The first-order valence-electron chi connectivity index (χ1n) is 7.34. The zero-order valence-electron chi connectivity index (χ0n) is 13.7. The number of halogens is 1. The fourth-order valence-corrected chi connectivity index (χ4v) is 3.97. The Morgan fingerprint density at radius 3 is 2.58 bits per heavy atom. The maximum Gasteiger partial charge on any atom is 0.354 e. The molecule has 0 radical (unpaired) electrons. The van der Waals surface area contributed by atoms with E-state index in [1.54, 1.807) is 20.0 Å². The smallest absolute Gasteiger partial charge is 0.354 e. The molecule has 0 amide bonds. The van der Waals surface area contributed by atoms with E-state index in [0.29, 0.717) is 6.42 Å². The number of methoxy groups -OCH3 is 1. The molecule has 6 nitrogen and oxygen atoms in total. The van der Waals surface area contributed by atoms with E-state index in [1.807, 2.05) is 0 Å². The second-order valence-corrected chi connectivity index (χ2v) is 7.05. The number of rotatable bonds is 6. The van der Waals surface area contributed by atoms with Gasteiger partial charge in [0.25, 0.3) is 10.0 Å². The van der Waals surface area contributed by atoms with Crippen molar-refractivity contribution in [2.24, 2.45) is 7.05 Å². The maximum absolute atomic E-state index is 14.1. The Hall–Kier alpha value is -2.35. The van der Waals surface area contributed by atoms with Crippen molar-refractivity contribution in [3.8, 4) is 0 Å². The summed E-state index contributed by atoms with van der Waals surface area (Å²) in [4.78, 5) is 11.6. The second-order valence-electron chi connectivity index (χ2n) is 5.19. The minimum atomic E-state index is -4.02. The first-order chi connectivity index (χ1) is 11.3. The summed E-state index contributed by atoms with van der Waals surface area (Å²) < 4.78 is 47.0. The predicted octanol–water partition coefficient (Wildman–Crippen LogP) is 2.56. The molecule has 0 aliphatic rings. The number of aromatic nitrogens is 1. The molecule has 2 aromatic rings. The average Bonchev–Trinajstić information content (AvgIpc) is 2.95. The van der Waals surface area contributed by atoms with Crippen LogP contribution in [-0.2, 0) is 21.8 Å². The van der Waals surface area contributed by atoms with Crippen molar-refractivity contribution in [1.29, 1.82) is 0 Å². The number of anilines is 1. The molecule has 130 valence electrons. The molecule has 0 aliphatic heterocycles. The van der Waals surface area contributed by atoms with Crippen LogP contribution in [0, 0.1) is 5.82 Å². The highest BCUT2D eigenvalue weighted by atomic mass is 32.2. The van der Waals surface area contributed by atoms with E-state index >= 15 is 0 Å². The SMILES string of the molecule is CCCN(c1ccccc1F)S(=O)(=O)c1cc(C(=O)OC)n(C)c1. The van der Waals surface area contributed by atoms with E-state index in [2.05, 4.69) is 4.74 Å². The second kappa shape index (κ2) is 7.04. The number of carbonyl (C=O) groups excluding carboxylic acids is 1. The van der Waals surface area contributed by atoms with Crippen LogP contribution in [0.4, 0.5) is 10.1 Å². The van der Waals surface area contributed by atoms with Gasteiger partial charge in [-0.2, -0.15) is 0 Å². The Balaban J connectivity index is 2.54. The van der Waals surface area contributed by atoms with E-state index in [-0.39, 0.29) is 22.8 Å². The van der Waals surface area contributed by atoms with E-state index in [4.69, 9.17) is 0 Å². The van der Waals surface area contributed by atoms with Gasteiger partial charge in [-0.25, -0.2) is 17.6 Å². The van der Waals surface area contributed by atoms with Gasteiger partial charge < -0.3 is 9.30 Å². The number of hydrogen-bond acceptors (Lipinski definition) is 4. The first-order valence-corrected chi connectivity index (χ1v) is 8.78. The van der Waals surface area contributed by atoms with Crippen molar-refractivity contribution in [3.05, 3.63) is 48.0 Å². The largest absolute Gasteiger partial charge is 0.464 e. The highest BCUT2D eigenvalue weighted by molar-refractivity contribution is 7.92. The lowest BCUT2D eigenvalue weighted by Crippen LogP contribution is -2.32. The molecule has 8 heteroatoms. The van der Waals surface area contributed by atoms with Crippen LogP contribution in [0.15, 0.2) is 41.4 Å². The minimum absolute atomic E-state index is 0.0252. The molecule has 1 aromatic carbocycles. The summed E-state index contributed by atoms with van der Waals surface area (Å²) in [6.07, 6.45) is 1.81. The monoisotopic (exact) mass is 354 g/mol. The van der Waals surface area contributed by atoms with Crippen LogP contribution in [0.2, 0.25) is 0 Å². The van der Waals surface area contributed by atoms with Crippen LogP contribution in [-0.4, -0.2) is 32.6 Å². The van der Waals surface area contributed by atoms with E-state index in [1.165, 1.54) is 42.1 Å². The van der Waals surface area contributed by atoms with E-state index < -0.39 is 21.8 Å². The highest BCUT2D eigenvalue weighted by Gasteiger charge is 2.29. The minimum Gasteiger partial charge on any atom is -0.464 e. The zero-order valence-corrected chi connectivity index (χ0v) is 14.5. The third-order valence-electron chi connectivity index (χ3n) is 3.51. The normalized spacial score (nSPS) is 11.3. The molecular weight excluding hydrogens is 335 g/mol. The Labute approximate surface area is 140 Å². The Morgan fingerprint density at radius 2 is 2.00 bits per heavy atom. The Morgan fingerprint density at radius 1 is 1.33 bits per heavy atom. The van der Waals surface area contributed by atoms with E-state index in [0.717, 1.165) is 4.31 Å². The molecule has 0 atom stereocenters. The molecule has 0 fully saturated rings. The topological polar surface area (TPSA) is 68.6 Å². The van der Waals surface area contributed by atoms with Crippen molar-refractivity contribution in [1.82, 2.24) is 4.57 Å². The van der Waals surface area contributed by atoms with Crippen molar-refractivity contribution < 1.29 is 22.3 Å². The molecule has 0 unspecified atom stereocenters.